The second-order valence-corrected chi connectivity index (χ2v) is 7.18. The van der Waals surface area contributed by atoms with Gasteiger partial charge in [0.25, 0.3) is 0 Å². The Bertz CT molecular complexity index is 814. The van der Waals surface area contributed by atoms with E-state index >= 15 is 0 Å². The number of amidine groups is 1. The van der Waals surface area contributed by atoms with E-state index in [1.54, 1.807) is 11.8 Å². The number of aryl methyl sites for hydroxylation is 1. The molecule has 0 spiro atoms. The standard InChI is InChI=1S/C20H20F2N2O2S.BrH/c1-14-3-7-16(8-4-14)24(20-23-11-2-12-27-20)13-18(25)15-5-9-17(10-6-15)26-19(21)22;/h3-10,19H,2,11-13H2,1H3;1H. The molecule has 0 amide bonds. The maximum absolute atomic E-state index is 12.8. The molecule has 0 radical (unpaired) electrons. The van der Waals surface area contributed by atoms with Gasteiger partial charge in [0.15, 0.2) is 11.0 Å². The Morgan fingerprint density at radius 1 is 1.18 bits per heavy atom. The first-order valence-electron chi connectivity index (χ1n) is 8.62. The van der Waals surface area contributed by atoms with E-state index in [2.05, 4.69) is 9.73 Å². The Balaban J connectivity index is 0.00000280. The minimum absolute atomic E-state index is 0. The summed E-state index contributed by atoms with van der Waals surface area (Å²) in [5, 5.41) is 0.830. The Labute approximate surface area is 177 Å². The molecule has 1 aliphatic heterocycles. The third-order valence-electron chi connectivity index (χ3n) is 4.06. The Morgan fingerprint density at radius 2 is 1.86 bits per heavy atom. The fourth-order valence-electron chi connectivity index (χ4n) is 2.66. The van der Waals surface area contributed by atoms with Crippen molar-refractivity contribution in [2.45, 2.75) is 20.0 Å². The molecule has 8 heteroatoms. The second-order valence-electron chi connectivity index (χ2n) is 6.11. The summed E-state index contributed by atoms with van der Waals surface area (Å²) in [5.74, 6) is 0.881. The van der Waals surface area contributed by atoms with Crippen LogP contribution in [0.15, 0.2) is 53.5 Å². The highest BCUT2D eigenvalue weighted by atomic mass is 79.9. The molecular weight excluding hydrogens is 450 g/mol. The number of hydrogen-bond donors (Lipinski definition) is 0. The number of thioether (sulfide) groups is 1. The SMILES string of the molecule is Br.Cc1ccc(N(CC(=O)c2ccc(OC(F)F)cc2)C2=NCCCS2)cc1. The lowest BCUT2D eigenvalue weighted by Crippen LogP contribution is -2.35. The first kappa shape index (κ1) is 22.4. The van der Waals surface area contributed by atoms with Gasteiger partial charge >= 0.3 is 6.61 Å². The molecule has 4 nitrogen and oxygen atoms in total. The Hall–Kier alpha value is -1.93. The van der Waals surface area contributed by atoms with Gasteiger partial charge in [-0.1, -0.05) is 29.5 Å². The minimum Gasteiger partial charge on any atom is -0.435 e. The van der Waals surface area contributed by atoms with Crippen molar-refractivity contribution in [3.05, 3.63) is 59.7 Å². The lowest BCUT2D eigenvalue weighted by molar-refractivity contribution is -0.0498. The minimum atomic E-state index is -2.88. The number of halogens is 3. The fraction of sp³-hybridized carbons (Fsp3) is 0.300. The van der Waals surface area contributed by atoms with Crippen LogP contribution < -0.4 is 9.64 Å². The van der Waals surface area contributed by atoms with Gasteiger partial charge in [0.05, 0.1) is 6.54 Å². The van der Waals surface area contributed by atoms with Crippen molar-refractivity contribution < 1.29 is 18.3 Å². The van der Waals surface area contributed by atoms with Gasteiger partial charge < -0.3 is 9.64 Å². The number of ketones is 1. The van der Waals surface area contributed by atoms with Gasteiger partial charge in [0.2, 0.25) is 0 Å². The molecule has 0 atom stereocenters. The zero-order chi connectivity index (χ0) is 19.2. The molecule has 150 valence electrons. The summed E-state index contributed by atoms with van der Waals surface area (Å²) < 4.78 is 28.9. The molecule has 0 fully saturated rings. The van der Waals surface area contributed by atoms with Crippen molar-refractivity contribution in [3.63, 3.8) is 0 Å². The van der Waals surface area contributed by atoms with E-state index < -0.39 is 6.61 Å². The Kier molecular flexibility index (Phi) is 8.44. The molecule has 0 aliphatic carbocycles. The van der Waals surface area contributed by atoms with E-state index in [4.69, 9.17) is 0 Å². The predicted octanol–water partition coefficient (Wildman–Crippen LogP) is 5.36. The maximum atomic E-state index is 12.8. The summed E-state index contributed by atoms with van der Waals surface area (Å²) in [5.41, 5.74) is 2.48. The highest BCUT2D eigenvalue weighted by Gasteiger charge is 2.20. The highest BCUT2D eigenvalue weighted by molar-refractivity contribution is 8.93. The van der Waals surface area contributed by atoms with Gasteiger partial charge in [-0.3, -0.25) is 9.79 Å². The zero-order valence-corrected chi connectivity index (χ0v) is 17.8. The van der Waals surface area contributed by atoms with Crippen LogP contribution in [0.25, 0.3) is 0 Å². The number of nitrogens with zero attached hydrogens (tertiary/aromatic N) is 2. The van der Waals surface area contributed by atoms with Gasteiger partial charge in [-0.2, -0.15) is 8.78 Å². The second kappa shape index (κ2) is 10.6. The predicted molar refractivity (Wildman–Crippen MR) is 116 cm³/mol. The number of anilines is 1. The van der Waals surface area contributed by atoms with Crippen LogP contribution >= 0.6 is 28.7 Å². The fourth-order valence-corrected chi connectivity index (χ4v) is 3.63. The van der Waals surface area contributed by atoms with Crippen LogP contribution in [-0.4, -0.2) is 36.4 Å². The van der Waals surface area contributed by atoms with Crippen LogP contribution in [0, 0.1) is 6.92 Å². The van der Waals surface area contributed by atoms with Gasteiger partial charge in [-0.05, 0) is 49.7 Å². The molecule has 0 aromatic heterocycles. The topological polar surface area (TPSA) is 41.9 Å². The number of aliphatic imine (C=N–C) groups is 1. The Morgan fingerprint density at radius 3 is 2.43 bits per heavy atom. The molecule has 0 bridgehead atoms. The summed E-state index contributed by atoms with van der Waals surface area (Å²) in [7, 11) is 0. The monoisotopic (exact) mass is 470 g/mol. The van der Waals surface area contributed by atoms with Crippen LogP contribution in [0.1, 0.15) is 22.3 Å². The molecule has 0 saturated carbocycles. The number of benzene rings is 2. The zero-order valence-electron chi connectivity index (χ0n) is 15.3. The summed E-state index contributed by atoms with van der Waals surface area (Å²) >= 11 is 1.64. The van der Waals surface area contributed by atoms with Crippen LogP contribution in [-0.2, 0) is 0 Å². The smallest absolute Gasteiger partial charge is 0.387 e. The van der Waals surface area contributed by atoms with E-state index in [0.29, 0.717) is 5.56 Å². The normalized spacial score (nSPS) is 13.5. The van der Waals surface area contributed by atoms with Crippen LogP contribution in [0.4, 0.5) is 14.5 Å². The lowest BCUT2D eigenvalue weighted by Gasteiger charge is -2.27. The number of ether oxygens (including phenoxy) is 1. The van der Waals surface area contributed by atoms with E-state index in [1.165, 1.54) is 24.3 Å². The van der Waals surface area contributed by atoms with Gasteiger partial charge in [-0.25, -0.2) is 0 Å². The third kappa shape index (κ3) is 6.04. The highest BCUT2D eigenvalue weighted by Crippen LogP contribution is 2.24. The summed E-state index contributed by atoms with van der Waals surface area (Å²) in [4.78, 5) is 19.3. The van der Waals surface area contributed by atoms with Gasteiger partial charge in [0, 0.05) is 23.5 Å². The van der Waals surface area contributed by atoms with Crippen LogP contribution in [0.2, 0.25) is 0 Å². The van der Waals surface area contributed by atoms with E-state index in [9.17, 15) is 13.6 Å². The summed E-state index contributed by atoms with van der Waals surface area (Å²) in [6.07, 6.45) is 1.02. The molecule has 28 heavy (non-hydrogen) atoms. The number of hydrogen-bond acceptors (Lipinski definition) is 5. The van der Waals surface area contributed by atoms with Gasteiger partial charge in [0.1, 0.15) is 5.75 Å². The number of Topliss-reactive ketones (excluding diaryl/α,β-unsaturated/α-hetero) is 1. The first-order valence-corrected chi connectivity index (χ1v) is 9.61. The molecule has 1 aliphatic rings. The molecule has 3 rings (SSSR count). The van der Waals surface area contributed by atoms with E-state index in [1.807, 2.05) is 36.1 Å². The molecule has 2 aromatic rings. The van der Waals surface area contributed by atoms with Crippen molar-refractivity contribution in [2.75, 3.05) is 23.7 Å². The summed E-state index contributed by atoms with van der Waals surface area (Å²) in [6.45, 7) is 0.00224. The molecule has 0 unspecified atom stereocenters. The van der Waals surface area contributed by atoms with Crippen molar-refractivity contribution in [2.24, 2.45) is 4.99 Å². The molecular formula is C20H21BrF2N2O2S. The van der Waals surface area contributed by atoms with Crippen molar-refractivity contribution in [1.29, 1.82) is 0 Å². The van der Waals surface area contributed by atoms with Crippen molar-refractivity contribution >= 4 is 45.4 Å². The lowest BCUT2D eigenvalue weighted by atomic mass is 10.1. The average Bonchev–Trinajstić information content (AvgIpc) is 2.67. The maximum Gasteiger partial charge on any atom is 0.387 e. The molecule has 2 aromatic carbocycles. The number of alkyl halides is 2. The number of carbonyl (C=O) groups is 1. The quantitative estimate of drug-likeness (QED) is 0.533. The van der Waals surface area contributed by atoms with E-state index in [0.717, 1.165) is 35.1 Å². The van der Waals surface area contributed by atoms with Crippen LogP contribution in [0.3, 0.4) is 0 Å². The number of carbonyl (C=O) groups excluding carboxylic acids is 1. The number of rotatable bonds is 6. The van der Waals surface area contributed by atoms with Crippen LogP contribution in [0.5, 0.6) is 5.75 Å². The molecule has 0 N–H and O–H groups in total. The average molecular weight is 471 g/mol. The van der Waals surface area contributed by atoms with E-state index in [-0.39, 0.29) is 35.1 Å². The van der Waals surface area contributed by atoms with Crippen molar-refractivity contribution in [1.82, 2.24) is 0 Å². The first-order chi connectivity index (χ1) is 13.0. The molecule has 1 heterocycles. The third-order valence-corrected chi connectivity index (χ3v) is 5.16. The van der Waals surface area contributed by atoms with Crippen molar-refractivity contribution in [3.8, 4) is 5.75 Å². The summed E-state index contributed by atoms with van der Waals surface area (Å²) in [6, 6.07) is 13.7. The molecule has 0 saturated heterocycles. The largest absolute Gasteiger partial charge is 0.435 e. The van der Waals surface area contributed by atoms with Gasteiger partial charge in [-0.15, -0.1) is 17.0 Å².